The van der Waals surface area contributed by atoms with E-state index in [-0.39, 0.29) is 53.0 Å². The fourth-order valence-corrected chi connectivity index (χ4v) is 7.87. The SMILES string of the molecule is C[C@@H]1CC2C3C[C@H](C)C4=CC(=O)CC[C@]4(C)C3C(=O)C[C@]2(C)[C@@]1(O)C(=O)CO. The first-order valence-electron chi connectivity index (χ1n) is 10.6. The van der Waals surface area contributed by atoms with Crippen molar-refractivity contribution >= 4 is 17.3 Å². The minimum atomic E-state index is -1.66. The molecule has 0 saturated heterocycles. The largest absolute Gasteiger partial charge is 0.388 e. The molecule has 5 heteroatoms. The summed E-state index contributed by atoms with van der Waals surface area (Å²) in [5.41, 5.74) is -1.68. The maximum absolute atomic E-state index is 13.5. The Morgan fingerprint density at radius 1 is 1.21 bits per heavy atom. The summed E-state index contributed by atoms with van der Waals surface area (Å²) < 4.78 is 0. The Morgan fingerprint density at radius 3 is 2.54 bits per heavy atom. The minimum Gasteiger partial charge on any atom is -0.388 e. The number of allylic oxidation sites excluding steroid dienone is 1. The fourth-order valence-electron chi connectivity index (χ4n) is 7.87. The monoisotopic (exact) mass is 388 g/mol. The smallest absolute Gasteiger partial charge is 0.190 e. The lowest BCUT2D eigenvalue weighted by Crippen LogP contribution is -2.62. The van der Waals surface area contributed by atoms with E-state index in [1.54, 1.807) is 6.08 Å². The first-order chi connectivity index (χ1) is 13.0. The van der Waals surface area contributed by atoms with Gasteiger partial charge in [-0.1, -0.05) is 33.3 Å². The van der Waals surface area contributed by atoms with E-state index in [0.29, 0.717) is 19.3 Å². The molecule has 0 heterocycles. The molecule has 8 atom stereocenters. The zero-order chi connectivity index (χ0) is 20.6. The average Bonchev–Trinajstić information content (AvgIpc) is 2.83. The summed E-state index contributed by atoms with van der Waals surface area (Å²) >= 11 is 0. The number of aliphatic hydroxyl groups excluding tert-OH is 1. The van der Waals surface area contributed by atoms with Crippen molar-refractivity contribution < 1.29 is 24.6 Å². The van der Waals surface area contributed by atoms with Crippen LogP contribution in [0.5, 0.6) is 0 Å². The molecule has 3 unspecified atom stereocenters. The molecule has 28 heavy (non-hydrogen) atoms. The summed E-state index contributed by atoms with van der Waals surface area (Å²) in [6.45, 7) is 7.33. The Kier molecular flexibility index (Phi) is 4.34. The summed E-state index contributed by atoms with van der Waals surface area (Å²) in [6.07, 6.45) is 4.63. The van der Waals surface area contributed by atoms with Gasteiger partial charge in [-0.15, -0.1) is 0 Å². The van der Waals surface area contributed by atoms with Gasteiger partial charge in [0.25, 0.3) is 0 Å². The Labute approximate surface area is 166 Å². The van der Waals surface area contributed by atoms with Gasteiger partial charge in [-0.25, -0.2) is 0 Å². The minimum absolute atomic E-state index is 0.0594. The molecule has 0 spiro atoms. The van der Waals surface area contributed by atoms with Crippen LogP contribution in [0.25, 0.3) is 0 Å². The first kappa shape index (κ1) is 20.0. The van der Waals surface area contributed by atoms with Gasteiger partial charge in [0.2, 0.25) is 0 Å². The van der Waals surface area contributed by atoms with Gasteiger partial charge in [-0.05, 0) is 54.4 Å². The second-order valence-electron chi connectivity index (χ2n) is 10.4. The van der Waals surface area contributed by atoms with Crippen LogP contribution >= 0.6 is 0 Å². The molecule has 2 N–H and O–H groups in total. The van der Waals surface area contributed by atoms with E-state index in [1.807, 2.05) is 13.8 Å². The highest BCUT2D eigenvalue weighted by Crippen LogP contribution is 2.68. The maximum Gasteiger partial charge on any atom is 0.190 e. The van der Waals surface area contributed by atoms with Crippen molar-refractivity contribution in [2.24, 2.45) is 40.4 Å². The normalized spacial score (nSPS) is 50.5. The van der Waals surface area contributed by atoms with Crippen molar-refractivity contribution in [3.05, 3.63) is 11.6 Å². The van der Waals surface area contributed by atoms with Gasteiger partial charge in [-0.2, -0.15) is 0 Å². The third-order valence-electron chi connectivity index (χ3n) is 9.12. The van der Waals surface area contributed by atoms with Crippen molar-refractivity contribution in [2.75, 3.05) is 6.61 Å². The van der Waals surface area contributed by atoms with E-state index in [4.69, 9.17) is 0 Å². The van der Waals surface area contributed by atoms with Crippen molar-refractivity contribution in [3.8, 4) is 0 Å². The predicted molar refractivity (Wildman–Crippen MR) is 103 cm³/mol. The van der Waals surface area contributed by atoms with Crippen LogP contribution in [-0.2, 0) is 14.4 Å². The number of rotatable bonds is 2. The van der Waals surface area contributed by atoms with Gasteiger partial charge in [0.1, 0.15) is 18.0 Å². The molecule has 154 valence electrons. The number of hydrogen-bond donors (Lipinski definition) is 2. The van der Waals surface area contributed by atoms with Gasteiger partial charge in [0, 0.05) is 24.2 Å². The molecule has 5 nitrogen and oxygen atoms in total. The molecular formula is C23H32O5. The van der Waals surface area contributed by atoms with E-state index >= 15 is 0 Å². The highest BCUT2D eigenvalue weighted by Gasteiger charge is 2.71. The van der Waals surface area contributed by atoms with Crippen molar-refractivity contribution in [3.63, 3.8) is 0 Å². The number of carbonyl (C=O) groups excluding carboxylic acids is 3. The number of Topliss-reactive ketones (excluding diaryl/α,β-unsaturated/α-hetero) is 2. The second kappa shape index (κ2) is 6.09. The third kappa shape index (κ3) is 2.23. The van der Waals surface area contributed by atoms with E-state index < -0.39 is 23.4 Å². The molecule has 0 bridgehead atoms. The van der Waals surface area contributed by atoms with E-state index in [2.05, 4.69) is 13.8 Å². The van der Waals surface area contributed by atoms with Gasteiger partial charge in [-0.3, -0.25) is 14.4 Å². The standard InChI is InChI=1S/C23H32O5/c1-12-7-15-17-8-13(2)23(28,19(27)11-24)22(17,4)10-18(26)20(15)21(3)6-5-14(25)9-16(12)21/h9,12-13,15,17,20,24,28H,5-8,10-11H2,1-4H3/t12-,13+,15?,17?,20?,21-,22-,23-/m0/s1. The lowest BCUT2D eigenvalue weighted by atomic mass is 9.44. The lowest BCUT2D eigenvalue weighted by molar-refractivity contribution is -0.175. The molecular weight excluding hydrogens is 356 g/mol. The van der Waals surface area contributed by atoms with Crippen molar-refractivity contribution in [1.29, 1.82) is 0 Å². The zero-order valence-corrected chi connectivity index (χ0v) is 17.3. The third-order valence-corrected chi connectivity index (χ3v) is 9.12. The van der Waals surface area contributed by atoms with Gasteiger partial charge in [0.15, 0.2) is 11.6 Å². The van der Waals surface area contributed by atoms with Gasteiger partial charge >= 0.3 is 0 Å². The quantitative estimate of drug-likeness (QED) is 0.758. The Hall–Kier alpha value is -1.33. The van der Waals surface area contributed by atoms with Crippen LogP contribution in [0, 0.1) is 40.4 Å². The Balaban J connectivity index is 1.81. The summed E-state index contributed by atoms with van der Waals surface area (Å²) in [5, 5.41) is 21.0. The molecule has 0 aromatic rings. The molecule has 4 aliphatic rings. The summed E-state index contributed by atoms with van der Waals surface area (Å²) in [6, 6.07) is 0. The average molecular weight is 389 g/mol. The Morgan fingerprint density at radius 2 is 1.89 bits per heavy atom. The van der Waals surface area contributed by atoms with E-state index in [0.717, 1.165) is 12.0 Å². The number of carbonyl (C=O) groups is 3. The van der Waals surface area contributed by atoms with Gasteiger partial charge in [0.05, 0.1) is 0 Å². The second-order valence-corrected chi connectivity index (χ2v) is 10.4. The van der Waals surface area contributed by atoms with Gasteiger partial charge < -0.3 is 10.2 Å². The molecule has 0 aromatic heterocycles. The van der Waals surface area contributed by atoms with Crippen LogP contribution < -0.4 is 0 Å². The van der Waals surface area contributed by atoms with Crippen LogP contribution in [0.15, 0.2) is 11.6 Å². The number of ketones is 3. The van der Waals surface area contributed by atoms with Crippen LogP contribution in [0.2, 0.25) is 0 Å². The van der Waals surface area contributed by atoms with Crippen LogP contribution in [-0.4, -0.2) is 39.8 Å². The molecule has 3 fully saturated rings. The fraction of sp³-hybridized carbons (Fsp3) is 0.783. The van der Waals surface area contributed by atoms with E-state index in [9.17, 15) is 24.6 Å². The molecule has 4 rings (SSSR count). The zero-order valence-electron chi connectivity index (χ0n) is 17.3. The molecule has 4 aliphatic carbocycles. The highest BCUT2D eigenvalue weighted by molar-refractivity contribution is 5.94. The van der Waals surface area contributed by atoms with Crippen molar-refractivity contribution in [2.45, 2.75) is 65.4 Å². The molecule has 0 aliphatic heterocycles. The summed E-state index contributed by atoms with van der Waals surface area (Å²) in [5.74, 6) is -0.372. The van der Waals surface area contributed by atoms with Crippen molar-refractivity contribution in [1.82, 2.24) is 0 Å². The first-order valence-corrected chi connectivity index (χ1v) is 10.6. The molecule has 0 radical (unpaired) electrons. The lowest BCUT2D eigenvalue weighted by Gasteiger charge is -2.59. The number of fused-ring (bicyclic) bond motifs is 5. The topological polar surface area (TPSA) is 91.7 Å². The van der Waals surface area contributed by atoms with Crippen LogP contribution in [0.1, 0.15) is 59.8 Å². The maximum atomic E-state index is 13.5. The molecule has 0 aromatic carbocycles. The predicted octanol–water partition coefficient (Wildman–Crippen LogP) is 2.48. The van der Waals surface area contributed by atoms with Crippen LogP contribution in [0.4, 0.5) is 0 Å². The molecule has 3 saturated carbocycles. The number of hydrogen-bond acceptors (Lipinski definition) is 5. The van der Waals surface area contributed by atoms with E-state index in [1.165, 1.54) is 0 Å². The summed E-state index contributed by atoms with van der Waals surface area (Å²) in [4.78, 5) is 38.2. The van der Waals surface area contributed by atoms with Crippen LogP contribution in [0.3, 0.4) is 0 Å². The Bertz CT molecular complexity index is 784. The molecule has 0 amide bonds. The highest BCUT2D eigenvalue weighted by atomic mass is 16.3. The summed E-state index contributed by atoms with van der Waals surface area (Å²) in [7, 11) is 0. The number of aliphatic hydroxyl groups is 2.